The van der Waals surface area contributed by atoms with Crippen LogP contribution in [-0.2, 0) is 9.59 Å². The van der Waals surface area contributed by atoms with E-state index in [1.165, 1.54) is 5.56 Å². The first-order valence-electron chi connectivity index (χ1n) is 11.0. The Hall–Kier alpha value is -3.02. The molecule has 1 aliphatic heterocycles. The summed E-state index contributed by atoms with van der Waals surface area (Å²) in [5, 5.41) is 3.03. The van der Waals surface area contributed by atoms with Crippen molar-refractivity contribution in [2.45, 2.75) is 45.6 Å². The molecular formula is C25H32N2O4. The highest BCUT2D eigenvalue weighted by molar-refractivity contribution is 5.78. The van der Waals surface area contributed by atoms with Gasteiger partial charge in [0, 0.05) is 25.6 Å². The second-order valence-corrected chi connectivity index (χ2v) is 8.05. The van der Waals surface area contributed by atoms with Crippen LogP contribution in [0.4, 0.5) is 0 Å². The van der Waals surface area contributed by atoms with E-state index in [1.807, 2.05) is 67.3 Å². The molecule has 0 spiro atoms. The Bertz CT molecular complexity index is 861. The van der Waals surface area contributed by atoms with Crippen molar-refractivity contribution in [2.75, 3.05) is 26.3 Å². The third-order valence-corrected chi connectivity index (χ3v) is 5.45. The molecule has 3 rings (SSSR count). The maximum Gasteiger partial charge on any atom is 0.258 e. The minimum atomic E-state index is -0.122. The lowest BCUT2D eigenvalue weighted by molar-refractivity contribution is -0.132. The van der Waals surface area contributed by atoms with Gasteiger partial charge < -0.3 is 19.7 Å². The van der Waals surface area contributed by atoms with Gasteiger partial charge in [0.2, 0.25) is 5.91 Å². The van der Waals surface area contributed by atoms with E-state index in [4.69, 9.17) is 9.47 Å². The molecule has 0 saturated carbocycles. The van der Waals surface area contributed by atoms with Crippen molar-refractivity contribution in [3.63, 3.8) is 0 Å². The van der Waals surface area contributed by atoms with Crippen LogP contribution in [0, 0.1) is 13.8 Å². The molecule has 0 bridgehead atoms. The van der Waals surface area contributed by atoms with Gasteiger partial charge in [-0.15, -0.1) is 0 Å². The number of nitrogens with zero attached hydrogens (tertiary/aromatic N) is 1. The van der Waals surface area contributed by atoms with E-state index in [-0.39, 0.29) is 24.5 Å². The standard InChI is InChI=1S/C25H32N2O4/c1-19-10-11-23(20(2)17-19)31-18-24(28)26-21-12-14-27(15-13-21)25(29)9-6-16-30-22-7-4-3-5-8-22/h3-5,7-8,10-11,17,21H,6,9,12-16,18H2,1-2H3,(H,26,28). The molecule has 0 unspecified atom stereocenters. The highest BCUT2D eigenvalue weighted by Crippen LogP contribution is 2.19. The molecule has 6 heteroatoms. The molecule has 2 aromatic carbocycles. The molecule has 1 aliphatic rings. The van der Waals surface area contributed by atoms with E-state index < -0.39 is 0 Å². The average molecular weight is 425 g/mol. The minimum Gasteiger partial charge on any atom is -0.494 e. The summed E-state index contributed by atoms with van der Waals surface area (Å²) in [4.78, 5) is 26.5. The molecule has 0 aliphatic carbocycles. The third kappa shape index (κ3) is 7.31. The van der Waals surface area contributed by atoms with Gasteiger partial charge in [0.25, 0.3) is 5.91 Å². The van der Waals surface area contributed by atoms with Crippen molar-refractivity contribution < 1.29 is 19.1 Å². The minimum absolute atomic E-state index is 0.00442. The Morgan fingerprint density at radius 3 is 2.48 bits per heavy atom. The van der Waals surface area contributed by atoms with Gasteiger partial charge in [-0.2, -0.15) is 0 Å². The predicted molar refractivity (Wildman–Crippen MR) is 120 cm³/mol. The summed E-state index contributed by atoms with van der Waals surface area (Å²) in [7, 11) is 0. The first-order chi connectivity index (χ1) is 15.0. The van der Waals surface area contributed by atoms with Gasteiger partial charge in [-0.3, -0.25) is 9.59 Å². The molecule has 31 heavy (non-hydrogen) atoms. The number of piperidine rings is 1. The summed E-state index contributed by atoms with van der Waals surface area (Å²) in [6.45, 7) is 5.87. The van der Waals surface area contributed by atoms with Crippen LogP contribution in [0.2, 0.25) is 0 Å². The van der Waals surface area contributed by atoms with Crippen LogP contribution in [0.5, 0.6) is 11.5 Å². The van der Waals surface area contributed by atoms with Gasteiger partial charge in [0.05, 0.1) is 6.61 Å². The van der Waals surface area contributed by atoms with Crippen molar-refractivity contribution in [1.82, 2.24) is 10.2 Å². The van der Waals surface area contributed by atoms with Crippen LogP contribution in [0.1, 0.15) is 36.8 Å². The highest BCUT2D eigenvalue weighted by Gasteiger charge is 2.23. The quantitative estimate of drug-likeness (QED) is 0.624. The molecule has 1 heterocycles. The van der Waals surface area contributed by atoms with Crippen LogP contribution in [0.25, 0.3) is 0 Å². The number of aryl methyl sites for hydroxylation is 2. The predicted octanol–water partition coefficient (Wildman–Crippen LogP) is 3.65. The molecule has 6 nitrogen and oxygen atoms in total. The zero-order chi connectivity index (χ0) is 22.1. The lowest BCUT2D eigenvalue weighted by Crippen LogP contribution is -2.47. The van der Waals surface area contributed by atoms with Gasteiger partial charge in [0.15, 0.2) is 6.61 Å². The van der Waals surface area contributed by atoms with Crippen molar-refractivity contribution in [2.24, 2.45) is 0 Å². The van der Waals surface area contributed by atoms with E-state index in [9.17, 15) is 9.59 Å². The molecule has 2 aromatic rings. The van der Waals surface area contributed by atoms with Crippen LogP contribution < -0.4 is 14.8 Å². The van der Waals surface area contributed by atoms with E-state index in [1.54, 1.807) is 0 Å². The molecular weight excluding hydrogens is 392 g/mol. The van der Waals surface area contributed by atoms with E-state index in [0.29, 0.717) is 32.5 Å². The van der Waals surface area contributed by atoms with Gasteiger partial charge >= 0.3 is 0 Å². The molecule has 0 aromatic heterocycles. The van der Waals surface area contributed by atoms with Crippen molar-refractivity contribution >= 4 is 11.8 Å². The first kappa shape index (κ1) is 22.7. The number of benzene rings is 2. The van der Waals surface area contributed by atoms with Gasteiger partial charge in [-0.1, -0.05) is 35.9 Å². The number of likely N-dealkylation sites (tertiary alicyclic amines) is 1. The average Bonchev–Trinajstić information content (AvgIpc) is 2.77. The van der Waals surface area contributed by atoms with Crippen LogP contribution in [0.3, 0.4) is 0 Å². The van der Waals surface area contributed by atoms with Crippen molar-refractivity contribution in [3.05, 3.63) is 59.7 Å². The smallest absolute Gasteiger partial charge is 0.258 e. The molecule has 166 valence electrons. The fourth-order valence-electron chi connectivity index (χ4n) is 3.74. The number of rotatable bonds is 9. The zero-order valence-electron chi connectivity index (χ0n) is 18.4. The number of nitrogens with one attached hydrogen (secondary N) is 1. The Morgan fingerprint density at radius 1 is 1.03 bits per heavy atom. The summed E-state index contributed by atoms with van der Waals surface area (Å²) >= 11 is 0. The third-order valence-electron chi connectivity index (χ3n) is 5.45. The van der Waals surface area contributed by atoms with Gasteiger partial charge in [-0.25, -0.2) is 0 Å². The zero-order valence-corrected chi connectivity index (χ0v) is 18.4. The van der Waals surface area contributed by atoms with Crippen molar-refractivity contribution in [1.29, 1.82) is 0 Å². The number of amides is 2. The first-order valence-corrected chi connectivity index (χ1v) is 11.0. The molecule has 1 saturated heterocycles. The summed E-state index contributed by atoms with van der Waals surface area (Å²) in [5.41, 5.74) is 2.19. The second-order valence-electron chi connectivity index (χ2n) is 8.05. The van der Waals surface area contributed by atoms with Crippen molar-refractivity contribution in [3.8, 4) is 11.5 Å². The monoisotopic (exact) mass is 424 g/mol. The number of hydrogen-bond donors (Lipinski definition) is 1. The van der Waals surface area contributed by atoms with Crippen LogP contribution >= 0.6 is 0 Å². The molecule has 1 fully saturated rings. The highest BCUT2D eigenvalue weighted by atomic mass is 16.5. The largest absolute Gasteiger partial charge is 0.494 e. The number of carbonyl (C=O) groups excluding carboxylic acids is 2. The lowest BCUT2D eigenvalue weighted by atomic mass is 10.0. The summed E-state index contributed by atoms with van der Waals surface area (Å²) in [6, 6.07) is 15.6. The fourth-order valence-corrected chi connectivity index (χ4v) is 3.74. The molecule has 2 amide bonds. The summed E-state index contributed by atoms with van der Waals surface area (Å²) in [5.74, 6) is 1.59. The van der Waals surface area contributed by atoms with Gasteiger partial charge in [0.1, 0.15) is 11.5 Å². The molecule has 1 N–H and O–H groups in total. The van der Waals surface area contributed by atoms with Crippen LogP contribution in [-0.4, -0.2) is 49.1 Å². The Labute approximate surface area is 184 Å². The maximum atomic E-state index is 12.4. The Balaban J connectivity index is 1.30. The van der Waals surface area contributed by atoms with Crippen LogP contribution in [0.15, 0.2) is 48.5 Å². The fraction of sp³-hybridized carbons (Fsp3) is 0.440. The van der Waals surface area contributed by atoms with E-state index >= 15 is 0 Å². The Kier molecular flexibility index (Phi) is 8.33. The molecule has 0 atom stereocenters. The number of para-hydroxylation sites is 1. The summed E-state index contributed by atoms with van der Waals surface area (Å²) < 4.78 is 11.3. The second kappa shape index (κ2) is 11.4. The number of ether oxygens (including phenoxy) is 2. The SMILES string of the molecule is Cc1ccc(OCC(=O)NC2CCN(C(=O)CCCOc3ccccc3)CC2)c(C)c1. The lowest BCUT2D eigenvalue weighted by Gasteiger charge is -2.32. The topological polar surface area (TPSA) is 67.9 Å². The Morgan fingerprint density at radius 2 is 1.77 bits per heavy atom. The number of hydrogen-bond acceptors (Lipinski definition) is 4. The number of carbonyl (C=O) groups is 2. The maximum absolute atomic E-state index is 12.4. The van der Waals surface area contributed by atoms with Gasteiger partial charge in [-0.05, 0) is 56.9 Å². The summed E-state index contributed by atoms with van der Waals surface area (Å²) in [6.07, 6.45) is 2.71. The van der Waals surface area contributed by atoms with E-state index in [2.05, 4.69) is 5.32 Å². The van der Waals surface area contributed by atoms with E-state index in [0.717, 1.165) is 29.9 Å². The molecule has 0 radical (unpaired) electrons. The normalized spacial score (nSPS) is 14.2.